The summed E-state index contributed by atoms with van der Waals surface area (Å²) in [6.45, 7) is 0. The van der Waals surface area contributed by atoms with E-state index in [4.69, 9.17) is 10.2 Å². The number of aliphatic hydroxyl groups is 1. The summed E-state index contributed by atoms with van der Waals surface area (Å²) in [7, 11) is 0. The maximum Gasteiger partial charge on any atom is 2.00 e. The van der Waals surface area contributed by atoms with Gasteiger partial charge in [0.05, 0.1) is 5.92 Å². The molecule has 0 aromatic rings. The fourth-order valence-corrected chi connectivity index (χ4v) is 1.13. The third kappa shape index (κ3) is 7.38. The average molecular weight is 300 g/mol. The minimum atomic E-state index is -1.51. The summed E-state index contributed by atoms with van der Waals surface area (Å²) in [5.74, 6) is -2.64. The number of aliphatic carboxylic acids is 1. The number of hydrogen-bond acceptors (Lipinski definition) is 3. The number of carbonyl (C=O) groups is 2. The van der Waals surface area contributed by atoms with Crippen LogP contribution < -0.4 is 0 Å². The van der Waals surface area contributed by atoms with Crippen LogP contribution in [-0.2, 0) is 26.7 Å². The molecule has 0 aliphatic heterocycles. The maximum absolute atomic E-state index is 11.1. The van der Waals surface area contributed by atoms with E-state index >= 15 is 0 Å². The molecule has 2 rings (SSSR count). The van der Waals surface area contributed by atoms with E-state index in [1.54, 1.807) is 12.8 Å². The number of ketones is 1. The molecule has 0 aromatic heterocycles. The summed E-state index contributed by atoms with van der Waals surface area (Å²) >= 11 is 0. The van der Waals surface area contributed by atoms with Crippen molar-refractivity contribution >= 4 is 11.8 Å². The van der Waals surface area contributed by atoms with Gasteiger partial charge in [-0.05, 0) is 57.8 Å². The van der Waals surface area contributed by atoms with Gasteiger partial charge in [0, 0.05) is 6.08 Å². The molecule has 10 radical (unpaired) electrons. The summed E-state index contributed by atoms with van der Waals surface area (Å²) < 4.78 is 0. The topological polar surface area (TPSA) is 74.6 Å². The van der Waals surface area contributed by atoms with Crippen molar-refractivity contribution in [3.8, 4) is 0 Å². The normalized spacial score (nSPS) is 19.3. The first-order valence-electron chi connectivity index (χ1n) is 5.18. The predicted octanol–water partition coefficient (Wildman–Crippen LogP) is 1.51. The molecule has 2 fully saturated rings. The van der Waals surface area contributed by atoms with Crippen LogP contribution >= 0.6 is 0 Å². The Hall–Kier alpha value is -0.801. The molecule has 0 unspecified atom stereocenters. The largest absolute Gasteiger partial charge is 2.00 e. The van der Waals surface area contributed by atoms with E-state index in [1.165, 1.54) is 12.8 Å². The van der Waals surface area contributed by atoms with Crippen molar-refractivity contribution < 1.29 is 36.9 Å². The Labute approximate surface area is 124 Å². The van der Waals surface area contributed by atoms with Crippen LogP contribution in [0.5, 0.6) is 0 Å². The number of carbonyl (C=O) groups excluding carboxylic acids is 1. The molecule has 2 saturated carbocycles. The van der Waals surface area contributed by atoms with Gasteiger partial charge >= 0.3 is 23.0 Å². The zero-order valence-electron chi connectivity index (χ0n) is 9.84. The molecule has 0 aromatic carbocycles. The Balaban J connectivity index is 0.000000454. The zero-order valence-corrected chi connectivity index (χ0v) is 10.9. The number of carboxylic acid groups (broad SMARTS) is 1. The van der Waals surface area contributed by atoms with Crippen molar-refractivity contribution in [1.82, 2.24) is 0 Å². The molecule has 19 heavy (non-hydrogen) atoms. The smallest absolute Gasteiger partial charge is 0.502 e. The van der Waals surface area contributed by atoms with Crippen molar-refractivity contribution in [1.29, 1.82) is 0 Å². The Bertz CT molecular complexity index is 308. The van der Waals surface area contributed by atoms with Gasteiger partial charge in [0.1, 0.15) is 0 Å². The van der Waals surface area contributed by atoms with Crippen molar-refractivity contribution in [2.75, 3.05) is 0 Å². The molecular formula is C14H12FeO4+2. The molecule has 0 spiro atoms. The van der Waals surface area contributed by atoms with E-state index in [9.17, 15) is 9.59 Å². The summed E-state index contributed by atoms with van der Waals surface area (Å²) in [6.07, 6.45) is 17.1. The van der Waals surface area contributed by atoms with Gasteiger partial charge in [-0.3, -0.25) is 4.79 Å². The van der Waals surface area contributed by atoms with Gasteiger partial charge in [-0.25, -0.2) is 4.79 Å². The molecule has 98 valence electrons. The molecule has 0 bridgehead atoms. The molecule has 2 aliphatic rings. The Morgan fingerprint density at radius 3 is 1.63 bits per heavy atom. The number of rotatable bonds is 3. The van der Waals surface area contributed by atoms with Crippen LogP contribution in [0.2, 0.25) is 0 Å². The SMILES string of the molecule is O=C(/C=C(\O)C(=O)O)[C]1[CH][CH][CH][CH]1.[CH]1[CH][CH][CH][CH]1.[Fe+2]. The van der Waals surface area contributed by atoms with Crippen molar-refractivity contribution in [3.05, 3.63) is 75.5 Å². The fraction of sp³-hybridized carbons (Fsp3) is 0. The fourth-order valence-electron chi connectivity index (χ4n) is 1.13. The van der Waals surface area contributed by atoms with E-state index in [1.807, 2.05) is 32.1 Å². The van der Waals surface area contributed by atoms with E-state index in [0.717, 1.165) is 0 Å². The molecule has 4 nitrogen and oxygen atoms in total. The molecule has 0 atom stereocenters. The van der Waals surface area contributed by atoms with Crippen LogP contribution in [0.3, 0.4) is 0 Å². The third-order valence-corrected chi connectivity index (χ3v) is 1.99. The summed E-state index contributed by atoms with van der Waals surface area (Å²) in [5.41, 5.74) is 0. The molecule has 5 heteroatoms. The Morgan fingerprint density at radius 1 is 0.842 bits per heavy atom. The molecule has 0 amide bonds. The van der Waals surface area contributed by atoms with Gasteiger partial charge in [0.15, 0.2) is 5.78 Å². The third-order valence-electron chi connectivity index (χ3n) is 1.99. The number of aliphatic hydroxyl groups excluding tert-OH is 1. The second-order valence-electron chi connectivity index (χ2n) is 3.33. The van der Waals surface area contributed by atoms with E-state index in [-0.39, 0.29) is 17.1 Å². The maximum atomic E-state index is 11.1. The van der Waals surface area contributed by atoms with Crippen LogP contribution in [0.4, 0.5) is 0 Å². The Kier molecular flexibility index (Phi) is 9.62. The zero-order chi connectivity index (χ0) is 13.4. The molecular weight excluding hydrogens is 288 g/mol. The van der Waals surface area contributed by atoms with Gasteiger partial charge in [-0.15, -0.1) is 0 Å². The van der Waals surface area contributed by atoms with Crippen LogP contribution in [0.25, 0.3) is 0 Å². The van der Waals surface area contributed by atoms with E-state index in [2.05, 4.69) is 0 Å². The number of hydrogen-bond donors (Lipinski definition) is 2. The van der Waals surface area contributed by atoms with Crippen LogP contribution in [-0.4, -0.2) is 22.0 Å². The van der Waals surface area contributed by atoms with Crippen molar-refractivity contribution in [2.45, 2.75) is 0 Å². The Morgan fingerprint density at radius 2 is 1.26 bits per heavy atom. The van der Waals surface area contributed by atoms with Crippen LogP contribution in [0, 0.1) is 63.7 Å². The minimum absolute atomic E-state index is 0. The first kappa shape index (κ1) is 18.2. The monoisotopic (exact) mass is 300 g/mol. The van der Waals surface area contributed by atoms with Gasteiger partial charge < -0.3 is 10.2 Å². The van der Waals surface area contributed by atoms with Gasteiger partial charge in [-0.2, -0.15) is 0 Å². The first-order chi connectivity index (χ1) is 8.61. The van der Waals surface area contributed by atoms with Gasteiger partial charge in [-0.1, -0.05) is 0 Å². The van der Waals surface area contributed by atoms with Crippen molar-refractivity contribution in [3.63, 3.8) is 0 Å². The summed E-state index contributed by atoms with van der Waals surface area (Å²) in [5, 5.41) is 17.0. The standard InChI is InChI=1S/C9H7O4.C5H5.Fe/c10-7(5-8(11)9(12)13)6-3-1-2-4-6;1-2-4-5-3-1;/h1-5,11H,(H,12,13);1-5H;/q;;+2/b8-5-;;. The minimum Gasteiger partial charge on any atom is -0.502 e. The second-order valence-corrected chi connectivity index (χ2v) is 3.33. The van der Waals surface area contributed by atoms with Gasteiger partial charge in [0.2, 0.25) is 5.76 Å². The first-order valence-corrected chi connectivity index (χ1v) is 5.18. The average Bonchev–Trinajstić information content (AvgIpc) is 3.05. The number of carboxylic acids is 1. The summed E-state index contributed by atoms with van der Waals surface area (Å²) in [6, 6.07) is 0. The molecule has 0 saturated heterocycles. The number of allylic oxidation sites excluding steroid dienone is 1. The molecule has 2 N–H and O–H groups in total. The van der Waals surface area contributed by atoms with Crippen LogP contribution in [0.1, 0.15) is 0 Å². The predicted molar refractivity (Wildman–Crippen MR) is 65.3 cm³/mol. The van der Waals surface area contributed by atoms with E-state index < -0.39 is 17.5 Å². The molecule has 2 aliphatic carbocycles. The van der Waals surface area contributed by atoms with Gasteiger partial charge in [0.25, 0.3) is 0 Å². The summed E-state index contributed by atoms with van der Waals surface area (Å²) in [4.78, 5) is 21.3. The van der Waals surface area contributed by atoms with E-state index in [0.29, 0.717) is 12.0 Å². The van der Waals surface area contributed by atoms with Crippen LogP contribution in [0.15, 0.2) is 11.8 Å². The van der Waals surface area contributed by atoms with Crippen molar-refractivity contribution in [2.24, 2.45) is 0 Å². The second kappa shape index (κ2) is 10.0. The molecule has 0 heterocycles. The quantitative estimate of drug-likeness (QED) is 0.470.